The predicted octanol–water partition coefficient (Wildman–Crippen LogP) is 6.11. The van der Waals surface area contributed by atoms with Gasteiger partial charge in [-0.2, -0.15) is 13.2 Å². The summed E-state index contributed by atoms with van der Waals surface area (Å²) in [6.45, 7) is 2.65. The first-order valence-electron chi connectivity index (χ1n) is 9.82. The highest BCUT2D eigenvalue weighted by Gasteiger charge is 2.30. The van der Waals surface area contributed by atoms with Crippen molar-refractivity contribution in [2.45, 2.75) is 45.2 Å². The van der Waals surface area contributed by atoms with E-state index < -0.39 is 11.7 Å². The summed E-state index contributed by atoms with van der Waals surface area (Å²) in [5, 5.41) is 5.42. The summed E-state index contributed by atoms with van der Waals surface area (Å²) in [4.78, 5) is 12.1. The van der Waals surface area contributed by atoms with Crippen molar-refractivity contribution >= 4 is 17.3 Å². The van der Waals surface area contributed by atoms with Crippen molar-refractivity contribution < 1.29 is 22.7 Å². The molecule has 2 rings (SSSR count). The zero-order chi connectivity index (χ0) is 21.1. The van der Waals surface area contributed by atoms with Gasteiger partial charge in [0.1, 0.15) is 5.75 Å². The van der Waals surface area contributed by atoms with E-state index in [1.54, 1.807) is 18.2 Å². The minimum absolute atomic E-state index is 0.149. The van der Waals surface area contributed by atoms with Gasteiger partial charge in [0.15, 0.2) is 0 Å². The van der Waals surface area contributed by atoms with Gasteiger partial charge in [-0.15, -0.1) is 0 Å². The molecule has 4 nitrogen and oxygen atoms in total. The second kappa shape index (κ2) is 11.3. The van der Waals surface area contributed by atoms with Crippen LogP contribution in [0, 0.1) is 0 Å². The van der Waals surface area contributed by atoms with Crippen LogP contribution in [-0.4, -0.2) is 19.1 Å². The van der Waals surface area contributed by atoms with Gasteiger partial charge in [-0.25, -0.2) is 0 Å². The lowest BCUT2D eigenvalue weighted by Gasteiger charge is -2.12. The summed E-state index contributed by atoms with van der Waals surface area (Å²) in [5.74, 6) is 0.309. The van der Waals surface area contributed by atoms with Crippen LogP contribution in [0.5, 0.6) is 5.75 Å². The Labute approximate surface area is 169 Å². The van der Waals surface area contributed by atoms with Gasteiger partial charge in [0, 0.05) is 17.4 Å². The number of rotatable bonds is 11. The van der Waals surface area contributed by atoms with Gasteiger partial charge < -0.3 is 15.4 Å². The SMILES string of the molecule is CCCCCCCOc1cccc(NC(=O)CNc2cccc(C(F)(F)F)c2)c1. The van der Waals surface area contributed by atoms with E-state index in [4.69, 9.17) is 4.74 Å². The molecule has 2 N–H and O–H groups in total. The fraction of sp³-hybridized carbons (Fsp3) is 0.409. The number of hydrogen-bond donors (Lipinski definition) is 2. The van der Waals surface area contributed by atoms with Gasteiger partial charge in [-0.3, -0.25) is 4.79 Å². The topological polar surface area (TPSA) is 50.4 Å². The molecule has 0 aliphatic carbocycles. The average molecular weight is 408 g/mol. The smallest absolute Gasteiger partial charge is 0.416 e. The third-order valence-corrected chi connectivity index (χ3v) is 4.28. The Morgan fingerprint density at radius 2 is 1.69 bits per heavy atom. The van der Waals surface area contributed by atoms with Crippen LogP contribution in [0.25, 0.3) is 0 Å². The molecule has 0 aliphatic heterocycles. The van der Waals surface area contributed by atoms with E-state index in [1.165, 1.54) is 31.4 Å². The number of hydrogen-bond acceptors (Lipinski definition) is 3. The molecule has 1 amide bonds. The second-order valence-corrected chi connectivity index (χ2v) is 6.77. The first-order chi connectivity index (χ1) is 13.9. The van der Waals surface area contributed by atoms with E-state index in [1.807, 2.05) is 6.07 Å². The summed E-state index contributed by atoms with van der Waals surface area (Å²) >= 11 is 0. The Kier molecular flexibility index (Phi) is 8.83. The molecular formula is C22H27F3N2O2. The number of alkyl halides is 3. The van der Waals surface area contributed by atoms with Crippen molar-refractivity contribution in [1.29, 1.82) is 0 Å². The minimum atomic E-state index is -4.42. The molecule has 0 heterocycles. The van der Waals surface area contributed by atoms with Gasteiger partial charge in [-0.05, 0) is 36.8 Å². The molecule has 2 aromatic rings. The van der Waals surface area contributed by atoms with Crippen molar-refractivity contribution in [3.8, 4) is 5.75 Å². The molecule has 29 heavy (non-hydrogen) atoms. The third-order valence-electron chi connectivity index (χ3n) is 4.28. The highest BCUT2D eigenvalue weighted by atomic mass is 19.4. The van der Waals surface area contributed by atoms with Crippen LogP contribution >= 0.6 is 0 Å². The van der Waals surface area contributed by atoms with Gasteiger partial charge in [0.25, 0.3) is 0 Å². The highest BCUT2D eigenvalue weighted by Crippen LogP contribution is 2.30. The monoisotopic (exact) mass is 408 g/mol. The fourth-order valence-electron chi connectivity index (χ4n) is 2.75. The minimum Gasteiger partial charge on any atom is -0.494 e. The van der Waals surface area contributed by atoms with E-state index in [-0.39, 0.29) is 18.1 Å². The average Bonchev–Trinajstić information content (AvgIpc) is 2.69. The van der Waals surface area contributed by atoms with Gasteiger partial charge in [0.2, 0.25) is 5.91 Å². The number of nitrogens with one attached hydrogen (secondary N) is 2. The van der Waals surface area contributed by atoms with Crippen molar-refractivity contribution in [1.82, 2.24) is 0 Å². The number of anilines is 2. The summed E-state index contributed by atoms with van der Waals surface area (Å²) in [6, 6.07) is 11.8. The zero-order valence-electron chi connectivity index (χ0n) is 16.5. The van der Waals surface area contributed by atoms with E-state index in [0.717, 1.165) is 25.0 Å². The molecule has 7 heteroatoms. The predicted molar refractivity (Wildman–Crippen MR) is 109 cm³/mol. The number of halogens is 3. The lowest BCUT2D eigenvalue weighted by Crippen LogP contribution is -2.22. The number of unbranched alkanes of at least 4 members (excludes halogenated alkanes) is 4. The molecular weight excluding hydrogens is 381 g/mol. The fourth-order valence-corrected chi connectivity index (χ4v) is 2.75. The zero-order valence-corrected chi connectivity index (χ0v) is 16.5. The van der Waals surface area contributed by atoms with Crippen LogP contribution in [0.15, 0.2) is 48.5 Å². The highest BCUT2D eigenvalue weighted by molar-refractivity contribution is 5.93. The molecule has 0 fully saturated rings. The first-order valence-corrected chi connectivity index (χ1v) is 9.82. The molecule has 0 aliphatic rings. The Morgan fingerprint density at radius 1 is 0.966 bits per heavy atom. The Morgan fingerprint density at radius 3 is 2.45 bits per heavy atom. The van der Waals surface area contributed by atoms with Gasteiger partial charge in [0.05, 0.1) is 18.7 Å². The van der Waals surface area contributed by atoms with E-state index >= 15 is 0 Å². The van der Waals surface area contributed by atoms with Crippen LogP contribution in [0.3, 0.4) is 0 Å². The lowest BCUT2D eigenvalue weighted by atomic mass is 10.2. The van der Waals surface area contributed by atoms with Crippen LogP contribution < -0.4 is 15.4 Å². The van der Waals surface area contributed by atoms with Crippen LogP contribution in [0.1, 0.15) is 44.6 Å². The van der Waals surface area contributed by atoms with Crippen LogP contribution in [0.4, 0.5) is 24.5 Å². The van der Waals surface area contributed by atoms with Gasteiger partial charge >= 0.3 is 6.18 Å². The van der Waals surface area contributed by atoms with Crippen molar-refractivity contribution in [2.24, 2.45) is 0 Å². The summed E-state index contributed by atoms with van der Waals surface area (Å²) in [6.07, 6.45) is 1.33. The Hall–Kier alpha value is -2.70. The number of carbonyl (C=O) groups excluding carboxylic acids is 1. The first kappa shape index (κ1) is 22.6. The van der Waals surface area contributed by atoms with E-state index in [9.17, 15) is 18.0 Å². The normalized spacial score (nSPS) is 11.2. The van der Waals surface area contributed by atoms with Crippen molar-refractivity contribution in [2.75, 3.05) is 23.8 Å². The molecule has 0 bridgehead atoms. The molecule has 0 aromatic heterocycles. The standard InChI is InChI=1S/C22H27F3N2O2/c1-2-3-4-5-6-13-29-20-12-8-11-19(15-20)27-21(28)16-26-18-10-7-9-17(14-18)22(23,24)25/h7-12,14-15,26H,2-6,13,16H2,1H3,(H,27,28). The lowest BCUT2D eigenvalue weighted by molar-refractivity contribution is -0.137. The Bertz CT molecular complexity index is 779. The number of carbonyl (C=O) groups is 1. The molecule has 0 atom stereocenters. The maximum atomic E-state index is 12.7. The van der Waals surface area contributed by atoms with E-state index in [2.05, 4.69) is 17.6 Å². The van der Waals surface area contributed by atoms with E-state index in [0.29, 0.717) is 18.0 Å². The van der Waals surface area contributed by atoms with Gasteiger partial charge in [-0.1, -0.05) is 44.7 Å². The third kappa shape index (κ3) is 8.46. The van der Waals surface area contributed by atoms with Crippen molar-refractivity contribution in [3.63, 3.8) is 0 Å². The molecule has 0 saturated heterocycles. The van der Waals surface area contributed by atoms with Crippen LogP contribution in [0.2, 0.25) is 0 Å². The number of benzene rings is 2. The molecule has 158 valence electrons. The number of ether oxygens (including phenoxy) is 1. The maximum Gasteiger partial charge on any atom is 0.416 e. The molecule has 2 aromatic carbocycles. The summed E-state index contributed by atoms with van der Waals surface area (Å²) < 4.78 is 43.9. The largest absolute Gasteiger partial charge is 0.494 e. The molecule has 0 saturated carbocycles. The number of amides is 1. The summed E-state index contributed by atoms with van der Waals surface area (Å²) in [5.41, 5.74) is 0.0434. The van der Waals surface area contributed by atoms with Crippen molar-refractivity contribution in [3.05, 3.63) is 54.1 Å². The molecule has 0 spiro atoms. The quantitative estimate of drug-likeness (QED) is 0.441. The van der Waals surface area contributed by atoms with Crippen LogP contribution in [-0.2, 0) is 11.0 Å². The molecule has 0 radical (unpaired) electrons. The maximum absolute atomic E-state index is 12.7. The molecule has 0 unspecified atom stereocenters. The second-order valence-electron chi connectivity index (χ2n) is 6.77. The Balaban J connectivity index is 1.79. The summed E-state index contributed by atoms with van der Waals surface area (Å²) in [7, 11) is 0.